The zero-order valence-corrected chi connectivity index (χ0v) is 28.1. The number of nitrogens with zero attached hydrogens (tertiary/aromatic N) is 5. The summed E-state index contributed by atoms with van der Waals surface area (Å²) in [7, 11) is 1.45. The fraction of sp³-hybridized carbons (Fsp3) is 0.382. The van der Waals surface area contributed by atoms with Crippen LogP contribution in [0.5, 0.6) is 11.5 Å². The molecule has 0 spiro atoms. The van der Waals surface area contributed by atoms with Gasteiger partial charge in [0.05, 0.1) is 31.8 Å². The van der Waals surface area contributed by atoms with Crippen LogP contribution >= 0.6 is 0 Å². The molecule has 4 bridgehead atoms. The molecule has 16 nitrogen and oxygen atoms in total. The lowest BCUT2D eigenvalue weighted by atomic mass is 10.0. The fourth-order valence-electron chi connectivity index (χ4n) is 5.41. The first-order chi connectivity index (χ1) is 24.1. The van der Waals surface area contributed by atoms with Gasteiger partial charge in [-0.2, -0.15) is 0 Å². The first-order valence-electron chi connectivity index (χ1n) is 16.2. The summed E-state index contributed by atoms with van der Waals surface area (Å²) < 4.78 is 13.1. The van der Waals surface area contributed by atoms with E-state index in [0.29, 0.717) is 35.9 Å². The minimum Gasteiger partial charge on any atom is -0.493 e. The lowest BCUT2D eigenvalue weighted by Crippen LogP contribution is -2.58. The van der Waals surface area contributed by atoms with Crippen molar-refractivity contribution in [3.63, 3.8) is 0 Å². The number of aryl methyl sites for hydroxylation is 1. The second-order valence-electron chi connectivity index (χ2n) is 11.8. The minimum absolute atomic E-state index is 0.0129. The van der Waals surface area contributed by atoms with Crippen LogP contribution in [0.2, 0.25) is 0 Å². The molecule has 5 N–H and O–H groups in total. The van der Waals surface area contributed by atoms with Crippen molar-refractivity contribution in [1.29, 1.82) is 0 Å². The molecule has 0 saturated carbocycles. The Bertz CT molecular complexity index is 1790. The molecule has 4 heterocycles. The molecule has 2 aromatic carbocycles. The smallest absolute Gasteiger partial charge is 0.274 e. The van der Waals surface area contributed by atoms with Crippen molar-refractivity contribution < 1.29 is 33.8 Å². The number of hydrogen-bond acceptors (Lipinski definition) is 10. The van der Waals surface area contributed by atoms with Crippen LogP contribution < -0.4 is 25.4 Å². The molecule has 4 aromatic rings. The van der Waals surface area contributed by atoms with Crippen molar-refractivity contribution in [3.8, 4) is 11.5 Å². The van der Waals surface area contributed by atoms with Gasteiger partial charge in [0.2, 0.25) is 11.8 Å². The second kappa shape index (κ2) is 16.6. The van der Waals surface area contributed by atoms with Crippen molar-refractivity contribution in [2.75, 3.05) is 33.4 Å². The fourth-order valence-corrected chi connectivity index (χ4v) is 5.41. The van der Waals surface area contributed by atoms with Crippen LogP contribution in [-0.4, -0.2) is 110 Å². The summed E-state index contributed by atoms with van der Waals surface area (Å²) in [5.74, 6) is -1.54. The van der Waals surface area contributed by atoms with E-state index in [2.05, 4.69) is 36.2 Å². The van der Waals surface area contributed by atoms with Crippen LogP contribution in [-0.2, 0) is 29.0 Å². The highest BCUT2D eigenvalue weighted by atomic mass is 16.5. The Balaban J connectivity index is 1.43. The van der Waals surface area contributed by atoms with E-state index in [4.69, 9.17) is 9.47 Å². The highest BCUT2D eigenvalue weighted by Crippen LogP contribution is 2.28. The van der Waals surface area contributed by atoms with Gasteiger partial charge in [0.25, 0.3) is 11.8 Å². The third-order valence-corrected chi connectivity index (χ3v) is 8.20. The highest BCUT2D eigenvalue weighted by Gasteiger charge is 2.31. The maximum atomic E-state index is 13.7. The molecule has 264 valence electrons. The van der Waals surface area contributed by atoms with E-state index in [9.17, 15) is 24.3 Å². The Hall–Kier alpha value is -5.77. The number of methoxy groups -OCH3 is 1. The zero-order valence-electron chi connectivity index (χ0n) is 28.1. The van der Waals surface area contributed by atoms with Crippen molar-refractivity contribution in [1.82, 2.24) is 45.8 Å². The van der Waals surface area contributed by atoms with Gasteiger partial charge in [-0.05, 0) is 37.6 Å². The van der Waals surface area contributed by atoms with E-state index < -0.39 is 35.9 Å². The monoisotopic (exact) mass is 687 g/mol. The van der Waals surface area contributed by atoms with E-state index >= 15 is 0 Å². The lowest BCUT2D eigenvalue weighted by Gasteiger charge is -2.26. The summed E-state index contributed by atoms with van der Waals surface area (Å²) in [4.78, 5) is 62.6. The molecule has 0 aliphatic carbocycles. The molecule has 0 unspecified atom stereocenters. The summed E-state index contributed by atoms with van der Waals surface area (Å²) in [6.45, 7) is 4.06. The van der Waals surface area contributed by atoms with E-state index in [1.165, 1.54) is 31.3 Å². The molecule has 2 aliphatic heterocycles. The Morgan fingerprint density at radius 3 is 2.60 bits per heavy atom. The lowest BCUT2D eigenvalue weighted by molar-refractivity contribution is -0.132. The number of aliphatic hydroxyl groups is 1. The van der Waals surface area contributed by atoms with E-state index in [1.54, 1.807) is 29.9 Å². The molecule has 16 heteroatoms. The first kappa shape index (κ1) is 35.5. The van der Waals surface area contributed by atoms with Crippen molar-refractivity contribution in [2.45, 2.75) is 51.4 Å². The molecule has 50 heavy (non-hydrogen) atoms. The molecule has 4 amide bonds. The quantitative estimate of drug-likeness (QED) is 0.183. The van der Waals surface area contributed by atoms with Crippen LogP contribution in [0.4, 0.5) is 0 Å². The van der Waals surface area contributed by atoms with Crippen LogP contribution in [0.15, 0.2) is 61.1 Å². The number of H-pyrrole nitrogens is 1. The molecule has 2 aromatic heterocycles. The van der Waals surface area contributed by atoms with Gasteiger partial charge in [-0.25, -0.2) is 9.67 Å². The number of carbonyl (C=O) groups is 4. The number of rotatable bonds is 5. The van der Waals surface area contributed by atoms with Gasteiger partial charge in [0.1, 0.15) is 24.4 Å². The molecule has 3 atom stereocenters. The molecule has 0 radical (unpaired) electrons. The Labute approximate surface area is 288 Å². The molecule has 0 fully saturated rings. The van der Waals surface area contributed by atoms with Crippen molar-refractivity contribution in [2.24, 2.45) is 0 Å². The first-order valence-corrected chi connectivity index (χ1v) is 16.2. The summed E-state index contributed by atoms with van der Waals surface area (Å²) in [5, 5.41) is 27.1. The van der Waals surface area contributed by atoms with E-state index in [0.717, 1.165) is 5.56 Å². The SMILES string of the molecule is COc1cc2ccc1OCCn1cc(nn1)CCN(C(=O)c1nc[nH]c1C)CCNC(=O)[C@H]([C@@H](C)O)NC(=O)[C@@H](Cc1ccccc1)NC2=O. The predicted molar refractivity (Wildman–Crippen MR) is 179 cm³/mol. The number of amides is 4. The second-order valence-corrected chi connectivity index (χ2v) is 11.8. The third kappa shape index (κ3) is 9.02. The Kier molecular flexibility index (Phi) is 11.8. The van der Waals surface area contributed by atoms with Gasteiger partial charge in [-0.15, -0.1) is 5.10 Å². The summed E-state index contributed by atoms with van der Waals surface area (Å²) in [6, 6.07) is 11.3. The molecule has 2 aliphatic rings. The average Bonchev–Trinajstić information content (AvgIpc) is 3.76. The van der Waals surface area contributed by atoms with Crippen LogP contribution in [0.1, 0.15) is 44.7 Å². The number of aromatic amines is 1. The number of aromatic nitrogens is 5. The van der Waals surface area contributed by atoms with Gasteiger partial charge in [-0.1, -0.05) is 35.5 Å². The van der Waals surface area contributed by atoms with Gasteiger partial charge in [-0.3, -0.25) is 19.2 Å². The van der Waals surface area contributed by atoms with E-state index in [-0.39, 0.29) is 49.8 Å². The Morgan fingerprint density at radius 1 is 1.08 bits per heavy atom. The molecular weight excluding hydrogens is 646 g/mol. The van der Waals surface area contributed by atoms with Crippen LogP contribution in [0.3, 0.4) is 0 Å². The maximum Gasteiger partial charge on any atom is 0.274 e. The van der Waals surface area contributed by atoms with Gasteiger partial charge < -0.3 is 40.4 Å². The summed E-state index contributed by atoms with van der Waals surface area (Å²) >= 11 is 0. The minimum atomic E-state index is -1.36. The summed E-state index contributed by atoms with van der Waals surface area (Å²) in [6.07, 6.45) is 2.39. The topological polar surface area (TPSA) is 206 Å². The molecular formula is C34H41N9O7. The molecule has 0 saturated heterocycles. The van der Waals surface area contributed by atoms with Gasteiger partial charge >= 0.3 is 0 Å². The molecule has 6 rings (SSSR count). The predicted octanol–water partition coefficient (Wildman–Crippen LogP) is 0.419. The van der Waals surface area contributed by atoms with Crippen molar-refractivity contribution >= 4 is 23.6 Å². The van der Waals surface area contributed by atoms with E-state index in [1.807, 2.05) is 30.3 Å². The van der Waals surface area contributed by atoms with Gasteiger partial charge in [0, 0.05) is 49.9 Å². The summed E-state index contributed by atoms with van der Waals surface area (Å²) in [5.41, 5.74) is 2.46. The number of ether oxygens (including phenoxy) is 2. The van der Waals surface area contributed by atoms with Crippen LogP contribution in [0, 0.1) is 6.92 Å². The maximum absolute atomic E-state index is 13.7. The number of nitrogens with one attached hydrogen (secondary N) is 4. The third-order valence-electron chi connectivity index (χ3n) is 8.20. The number of benzene rings is 2. The highest BCUT2D eigenvalue weighted by molar-refractivity contribution is 5.99. The number of hydrogen-bond donors (Lipinski definition) is 5. The number of fused-ring (bicyclic) bond motifs is 16. The number of carbonyl (C=O) groups excluding carboxylic acids is 4. The standard InChI is InChI=1S/C34H41N9O7/c1-21-29(37-20-36-21)34(48)42-13-11-25-19-43(41-40-25)15-16-50-27-10-9-24(18-28(27)49-3)31(45)38-26(17-23-7-5-4-6-8-23)32(46)39-30(22(2)44)33(47)35-12-14-42/h4-10,18-20,22,26,30,44H,11-17H2,1-3H3,(H,35,47)(H,36,37)(H,38,45)(H,39,46)/t22-,26-,30+/m1/s1. The van der Waals surface area contributed by atoms with Gasteiger partial charge in [0.15, 0.2) is 11.5 Å². The normalized spacial score (nSPS) is 18.7. The average molecular weight is 688 g/mol. The van der Waals surface area contributed by atoms with Crippen LogP contribution in [0.25, 0.3) is 0 Å². The zero-order chi connectivity index (χ0) is 35.6. The largest absolute Gasteiger partial charge is 0.493 e. The number of imidazole rings is 1. The number of aliphatic hydroxyl groups excluding tert-OH is 1. The Morgan fingerprint density at radius 2 is 1.88 bits per heavy atom. The van der Waals surface area contributed by atoms with Crippen molar-refractivity contribution in [3.05, 3.63) is 89.3 Å².